The van der Waals surface area contributed by atoms with E-state index in [1.54, 1.807) is 6.92 Å². The number of ether oxygens (including phenoxy) is 1. The Morgan fingerprint density at radius 3 is 2.26 bits per heavy atom. The number of carbonyl (C=O) groups is 3. The Labute approximate surface area is 199 Å². The first-order chi connectivity index (χ1) is 16.4. The molecular weight excluding hydrogens is 458 g/mol. The fraction of sp³-hybridized carbons (Fsp3) is 0.250. The molecule has 0 saturated heterocycles. The van der Waals surface area contributed by atoms with E-state index in [9.17, 15) is 14.4 Å². The van der Waals surface area contributed by atoms with Gasteiger partial charge in [-0.2, -0.15) is 0 Å². The van der Waals surface area contributed by atoms with Gasteiger partial charge in [0.2, 0.25) is 0 Å². The van der Waals surface area contributed by atoms with Crippen LogP contribution in [0.5, 0.6) is 0 Å². The topological polar surface area (TPSA) is 138 Å². The Kier molecular flexibility index (Phi) is 6.90. The van der Waals surface area contributed by atoms with Crippen LogP contribution in [0, 0.1) is 0 Å². The molecule has 0 saturated carbocycles. The van der Waals surface area contributed by atoms with Crippen LogP contribution in [0.1, 0.15) is 45.5 Å². The van der Waals surface area contributed by atoms with Gasteiger partial charge >= 0.3 is 12.1 Å². The zero-order valence-corrected chi connectivity index (χ0v) is 19.0. The number of hydrogen-bond acceptors (Lipinski definition) is 7. The van der Waals surface area contributed by atoms with Crippen LogP contribution in [-0.4, -0.2) is 52.4 Å². The highest BCUT2D eigenvalue weighted by atomic mass is 32.1. The molecule has 0 radical (unpaired) electrons. The van der Waals surface area contributed by atoms with Gasteiger partial charge in [-0.25, -0.2) is 14.6 Å². The fourth-order valence-corrected chi connectivity index (χ4v) is 4.69. The second-order valence-electron chi connectivity index (χ2n) is 7.81. The van der Waals surface area contributed by atoms with Gasteiger partial charge < -0.3 is 25.6 Å². The van der Waals surface area contributed by atoms with Crippen LogP contribution in [0.25, 0.3) is 11.1 Å². The van der Waals surface area contributed by atoms with Gasteiger partial charge in [0.15, 0.2) is 6.04 Å². The number of aliphatic hydroxyl groups excluding tert-OH is 1. The van der Waals surface area contributed by atoms with Crippen LogP contribution in [0.2, 0.25) is 0 Å². The van der Waals surface area contributed by atoms with Crippen molar-refractivity contribution in [2.24, 2.45) is 0 Å². The molecule has 0 aliphatic heterocycles. The lowest BCUT2D eigenvalue weighted by atomic mass is 9.98. The summed E-state index contributed by atoms with van der Waals surface area (Å²) in [5.41, 5.74) is 4.51. The predicted octanol–water partition coefficient (Wildman–Crippen LogP) is 2.92. The monoisotopic (exact) mass is 481 g/mol. The normalized spacial score (nSPS) is 13.9. The number of hydrogen-bond donors (Lipinski definition) is 4. The van der Waals surface area contributed by atoms with Gasteiger partial charge in [0.05, 0.1) is 12.6 Å². The van der Waals surface area contributed by atoms with Crippen molar-refractivity contribution >= 4 is 29.3 Å². The number of aromatic nitrogens is 1. The van der Waals surface area contributed by atoms with Crippen molar-refractivity contribution in [3.05, 3.63) is 75.7 Å². The first-order valence-corrected chi connectivity index (χ1v) is 11.5. The standard InChI is InChI=1S/C24H23N3O6S/c1-13(22-27-20(12-34-22)21(29)26-19(10-28)23(30)31)25-24(32)33-11-18-16-8-4-2-6-14(16)15-7-3-5-9-17(15)18/h2-9,12-13,18-19,28H,10-11H2,1H3,(H,25,32)(H,26,29)(H,30,31)/t13?,19-/m0/s1. The lowest BCUT2D eigenvalue weighted by Gasteiger charge is -2.16. The third-order valence-corrected chi connectivity index (χ3v) is 6.62. The Bertz CT molecular complexity index is 1180. The molecule has 3 aromatic rings. The number of alkyl carbamates (subject to hydrolysis) is 1. The summed E-state index contributed by atoms with van der Waals surface area (Å²) in [6, 6.07) is 14.2. The number of aliphatic carboxylic acids is 1. The molecule has 0 fully saturated rings. The number of aliphatic hydroxyl groups is 1. The van der Waals surface area contributed by atoms with E-state index in [1.165, 1.54) is 5.38 Å². The Hall–Kier alpha value is -3.76. The van der Waals surface area contributed by atoms with Gasteiger partial charge in [-0.15, -0.1) is 11.3 Å². The van der Waals surface area contributed by atoms with E-state index in [-0.39, 0.29) is 18.2 Å². The number of carboxylic acid groups (broad SMARTS) is 1. The number of fused-ring (bicyclic) bond motifs is 3. The molecule has 34 heavy (non-hydrogen) atoms. The Morgan fingerprint density at radius 2 is 1.68 bits per heavy atom. The minimum atomic E-state index is -1.42. The lowest BCUT2D eigenvalue weighted by Crippen LogP contribution is -2.43. The summed E-state index contributed by atoms with van der Waals surface area (Å²) in [4.78, 5) is 39.8. The molecule has 0 bridgehead atoms. The lowest BCUT2D eigenvalue weighted by molar-refractivity contribution is -0.140. The van der Waals surface area contributed by atoms with Crippen LogP contribution in [0.3, 0.4) is 0 Å². The predicted molar refractivity (Wildman–Crippen MR) is 125 cm³/mol. The third-order valence-electron chi connectivity index (χ3n) is 5.59. The van der Waals surface area contributed by atoms with Crippen molar-refractivity contribution in [3.8, 4) is 11.1 Å². The van der Waals surface area contributed by atoms with Crippen LogP contribution in [0.4, 0.5) is 4.79 Å². The van der Waals surface area contributed by atoms with E-state index in [1.807, 2.05) is 36.4 Å². The maximum Gasteiger partial charge on any atom is 0.407 e. The summed E-state index contributed by atoms with van der Waals surface area (Å²) in [7, 11) is 0. The van der Waals surface area contributed by atoms with Gasteiger partial charge in [0.1, 0.15) is 17.3 Å². The molecule has 4 rings (SSSR count). The van der Waals surface area contributed by atoms with E-state index in [2.05, 4.69) is 27.8 Å². The van der Waals surface area contributed by atoms with Crippen LogP contribution < -0.4 is 10.6 Å². The van der Waals surface area contributed by atoms with Gasteiger partial charge in [-0.1, -0.05) is 48.5 Å². The van der Waals surface area contributed by atoms with E-state index in [0.717, 1.165) is 33.6 Å². The van der Waals surface area contributed by atoms with Gasteiger partial charge in [-0.3, -0.25) is 4.79 Å². The summed E-state index contributed by atoms with van der Waals surface area (Å²) < 4.78 is 5.53. The summed E-state index contributed by atoms with van der Waals surface area (Å²) >= 11 is 1.14. The number of nitrogens with one attached hydrogen (secondary N) is 2. The maximum atomic E-state index is 12.5. The van der Waals surface area contributed by atoms with E-state index in [0.29, 0.717) is 5.01 Å². The molecule has 1 aliphatic carbocycles. The molecule has 4 N–H and O–H groups in total. The van der Waals surface area contributed by atoms with E-state index in [4.69, 9.17) is 14.9 Å². The Morgan fingerprint density at radius 1 is 1.06 bits per heavy atom. The van der Waals surface area contributed by atoms with Crippen molar-refractivity contribution in [2.75, 3.05) is 13.2 Å². The summed E-state index contributed by atoms with van der Waals surface area (Å²) in [5.74, 6) is -2.13. The molecule has 2 amide bonds. The Balaban J connectivity index is 1.36. The summed E-state index contributed by atoms with van der Waals surface area (Å²) in [5, 5.41) is 24.8. The number of nitrogens with zero attached hydrogens (tertiary/aromatic N) is 1. The van der Waals surface area contributed by atoms with Crippen LogP contribution >= 0.6 is 11.3 Å². The van der Waals surface area contributed by atoms with Crippen molar-refractivity contribution in [2.45, 2.75) is 24.9 Å². The minimum absolute atomic E-state index is 0.000821. The van der Waals surface area contributed by atoms with Crippen LogP contribution in [-0.2, 0) is 9.53 Å². The molecule has 2 atom stereocenters. The molecule has 1 unspecified atom stereocenters. The number of benzene rings is 2. The number of thiazole rings is 1. The first-order valence-electron chi connectivity index (χ1n) is 10.6. The van der Waals surface area contributed by atoms with E-state index < -0.39 is 36.7 Å². The second-order valence-corrected chi connectivity index (χ2v) is 8.70. The molecule has 0 spiro atoms. The van der Waals surface area contributed by atoms with Crippen LogP contribution in [0.15, 0.2) is 53.9 Å². The number of carboxylic acids is 1. The van der Waals surface area contributed by atoms with Crippen molar-refractivity contribution in [1.82, 2.24) is 15.6 Å². The smallest absolute Gasteiger partial charge is 0.407 e. The highest BCUT2D eigenvalue weighted by Crippen LogP contribution is 2.44. The maximum absolute atomic E-state index is 12.5. The van der Waals surface area contributed by atoms with Gasteiger partial charge in [-0.05, 0) is 29.2 Å². The second kappa shape index (κ2) is 10.0. The molecule has 1 aromatic heterocycles. The summed E-state index contributed by atoms with van der Waals surface area (Å²) in [6.45, 7) is 1.14. The molecule has 1 heterocycles. The zero-order chi connectivity index (χ0) is 24.2. The minimum Gasteiger partial charge on any atom is -0.480 e. The SMILES string of the molecule is CC(NC(=O)OCC1c2ccccc2-c2ccccc21)c1nc(C(=O)N[C@@H](CO)C(=O)O)cs1. The average molecular weight is 482 g/mol. The molecule has 10 heteroatoms. The highest BCUT2D eigenvalue weighted by Gasteiger charge is 2.29. The summed E-state index contributed by atoms with van der Waals surface area (Å²) in [6.07, 6.45) is -0.609. The largest absolute Gasteiger partial charge is 0.480 e. The molecule has 176 valence electrons. The van der Waals surface area contributed by atoms with Gasteiger partial charge in [0, 0.05) is 11.3 Å². The number of amides is 2. The quantitative estimate of drug-likeness (QED) is 0.388. The number of rotatable bonds is 8. The van der Waals surface area contributed by atoms with Crippen molar-refractivity contribution in [1.29, 1.82) is 0 Å². The third kappa shape index (κ3) is 4.78. The van der Waals surface area contributed by atoms with E-state index >= 15 is 0 Å². The molecule has 1 aliphatic rings. The fourth-order valence-electron chi connectivity index (χ4n) is 3.89. The number of carbonyl (C=O) groups excluding carboxylic acids is 2. The highest BCUT2D eigenvalue weighted by molar-refractivity contribution is 7.09. The average Bonchev–Trinajstić information content (AvgIpc) is 3.45. The van der Waals surface area contributed by atoms with Gasteiger partial charge in [0.25, 0.3) is 5.91 Å². The van der Waals surface area contributed by atoms with Crippen molar-refractivity contribution in [3.63, 3.8) is 0 Å². The molecular formula is C24H23N3O6S. The molecule has 2 aromatic carbocycles. The first kappa shape index (κ1) is 23.4. The van der Waals surface area contributed by atoms with Crippen molar-refractivity contribution < 1.29 is 29.3 Å². The molecule has 9 nitrogen and oxygen atoms in total. The zero-order valence-electron chi connectivity index (χ0n) is 18.2.